The average molecular weight is 188 g/mol. The normalized spacial score (nSPS) is 15.1. The Morgan fingerprint density at radius 1 is 1.62 bits per heavy atom. The molecule has 0 saturated carbocycles. The summed E-state index contributed by atoms with van der Waals surface area (Å²) in [4.78, 5) is 11.3. The topological polar surface area (TPSA) is 75.4 Å². The summed E-state index contributed by atoms with van der Waals surface area (Å²) in [6.07, 6.45) is 2.71. The van der Waals surface area contributed by atoms with Crippen LogP contribution in [-0.4, -0.2) is 29.7 Å². The molecule has 0 unspecified atom stereocenters. The van der Waals surface area contributed by atoms with Gasteiger partial charge < -0.3 is 16.2 Å². The molecule has 4 heteroatoms. The molecule has 0 saturated heterocycles. The first kappa shape index (κ1) is 12.4. The molecule has 0 heterocycles. The van der Waals surface area contributed by atoms with Crippen molar-refractivity contribution in [1.82, 2.24) is 5.32 Å². The number of carbonyl (C=O) groups is 1. The van der Waals surface area contributed by atoms with Crippen molar-refractivity contribution in [2.45, 2.75) is 45.2 Å². The molecule has 0 bridgehead atoms. The highest BCUT2D eigenvalue weighted by molar-refractivity contribution is 5.81. The molecule has 0 rings (SSSR count). The molecule has 0 aliphatic heterocycles. The number of hydrogen-bond acceptors (Lipinski definition) is 3. The molecule has 0 aliphatic carbocycles. The molecule has 0 aromatic carbocycles. The van der Waals surface area contributed by atoms with Crippen molar-refractivity contribution < 1.29 is 9.90 Å². The van der Waals surface area contributed by atoms with E-state index in [0.29, 0.717) is 6.42 Å². The lowest BCUT2D eigenvalue weighted by Gasteiger charge is -2.15. The van der Waals surface area contributed by atoms with Crippen molar-refractivity contribution in [3.8, 4) is 0 Å². The first-order chi connectivity index (χ1) is 6.11. The Balaban J connectivity index is 3.68. The number of nitrogens with two attached hydrogens (primary N) is 1. The molecular weight excluding hydrogens is 168 g/mol. The molecule has 0 aromatic heterocycles. The van der Waals surface area contributed by atoms with Crippen LogP contribution in [0.5, 0.6) is 0 Å². The third-order valence-electron chi connectivity index (χ3n) is 1.87. The van der Waals surface area contributed by atoms with E-state index < -0.39 is 6.04 Å². The first-order valence-electron chi connectivity index (χ1n) is 4.78. The van der Waals surface area contributed by atoms with Gasteiger partial charge in [-0.05, 0) is 13.3 Å². The van der Waals surface area contributed by atoms with E-state index in [4.69, 9.17) is 10.8 Å². The molecular formula is C9H20N2O2. The largest absolute Gasteiger partial charge is 0.394 e. The van der Waals surface area contributed by atoms with Gasteiger partial charge in [0.1, 0.15) is 0 Å². The minimum Gasteiger partial charge on any atom is -0.394 e. The second kappa shape index (κ2) is 6.86. The van der Waals surface area contributed by atoms with E-state index in [1.165, 1.54) is 0 Å². The summed E-state index contributed by atoms with van der Waals surface area (Å²) in [5, 5.41) is 11.3. The lowest BCUT2D eigenvalue weighted by molar-refractivity contribution is -0.123. The van der Waals surface area contributed by atoms with E-state index >= 15 is 0 Å². The van der Waals surface area contributed by atoms with Gasteiger partial charge in [-0.15, -0.1) is 0 Å². The van der Waals surface area contributed by atoms with E-state index in [-0.39, 0.29) is 18.6 Å². The van der Waals surface area contributed by atoms with Gasteiger partial charge in [0, 0.05) is 6.04 Å². The molecule has 0 spiro atoms. The number of amides is 1. The predicted octanol–water partition coefficient (Wildman–Crippen LogP) is 0.000900. The molecule has 78 valence electrons. The van der Waals surface area contributed by atoms with Crippen LogP contribution in [-0.2, 0) is 4.79 Å². The number of carbonyl (C=O) groups excluding carboxylic acids is 1. The summed E-state index contributed by atoms with van der Waals surface area (Å²) in [5.41, 5.74) is 5.61. The van der Waals surface area contributed by atoms with Gasteiger partial charge in [-0.1, -0.05) is 19.8 Å². The van der Waals surface area contributed by atoms with Gasteiger partial charge in [0.05, 0.1) is 12.6 Å². The molecule has 13 heavy (non-hydrogen) atoms. The van der Waals surface area contributed by atoms with Crippen LogP contribution in [0.4, 0.5) is 0 Å². The molecule has 0 aliphatic rings. The third-order valence-corrected chi connectivity index (χ3v) is 1.87. The Bertz CT molecular complexity index is 151. The number of aliphatic hydroxyl groups is 1. The van der Waals surface area contributed by atoms with Gasteiger partial charge in [-0.2, -0.15) is 0 Å². The number of hydrogen-bond donors (Lipinski definition) is 3. The maximum absolute atomic E-state index is 11.3. The standard InChI is InChI=1S/C9H20N2O2/c1-3-4-5-8(10)9(13)11-7(2)6-12/h7-8,12H,3-6,10H2,1-2H3,(H,11,13)/t7-,8+/m1/s1. The monoisotopic (exact) mass is 188 g/mol. The average Bonchev–Trinajstić information content (AvgIpc) is 2.13. The van der Waals surface area contributed by atoms with Crippen LogP contribution in [0.2, 0.25) is 0 Å². The van der Waals surface area contributed by atoms with Crippen molar-refractivity contribution >= 4 is 5.91 Å². The number of unbranched alkanes of at least 4 members (excludes halogenated alkanes) is 1. The van der Waals surface area contributed by atoms with Gasteiger partial charge >= 0.3 is 0 Å². The van der Waals surface area contributed by atoms with E-state index in [1.807, 2.05) is 0 Å². The SMILES string of the molecule is CCCC[C@H](N)C(=O)N[C@H](C)CO. The summed E-state index contributed by atoms with van der Waals surface area (Å²) < 4.78 is 0. The molecule has 4 nitrogen and oxygen atoms in total. The van der Waals surface area contributed by atoms with Crippen LogP contribution in [0.25, 0.3) is 0 Å². The zero-order valence-electron chi connectivity index (χ0n) is 8.42. The first-order valence-corrected chi connectivity index (χ1v) is 4.78. The maximum atomic E-state index is 11.3. The highest BCUT2D eigenvalue weighted by atomic mass is 16.3. The minimum absolute atomic E-state index is 0.0494. The fourth-order valence-corrected chi connectivity index (χ4v) is 0.951. The highest BCUT2D eigenvalue weighted by Gasteiger charge is 2.14. The van der Waals surface area contributed by atoms with E-state index in [0.717, 1.165) is 12.8 Å². The second-order valence-electron chi connectivity index (χ2n) is 3.34. The maximum Gasteiger partial charge on any atom is 0.237 e. The van der Waals surface area contributed by atoms with Gasteiger partial charge in [-0.3, -0.25) is 4.79 Å². The van der Waals surface area contributed by atoms with E-state index in [9.17, 15) is 4.79 Å². The second-order valence-corrected chi connectivity index (χ2v) is 3.34. The Hall–Kier alpha value is -0.610. The zero-order valence-corrected chi connectivity index (χ0v) is 8.42. The lowest BCUT2D eigenvalue weighted by Crippen LogP contribution is -2.45. The number of rotatable bonds is 6. The fourth-order valence-electron chi connectivity index (χ4n) is 0.951. The Morgan fingerprint density at radius 2 is 2.23 bits per heavy atom. The van der Waals surface area contributed by atoms with Crippen LogP contribution in [0, 0.1) is 0 Å². The van der Waals surface area contributed by atoms with Crippen molar-refractivity contribution in [3.63, 3.8) is 0 Å². The third kappa shape index (κ3) is 5.60. The molecule has 1 amide bonds. The van der Waals surface area contributed by atoms with Crippen molar-refractivity contribution in [3.05, 3.63) is 0 Å². The van der Waals surface area contributed by atoms with Crippen LogP contribution in [0.3, 0.4) is 0 Å². The Labute approximate surface area is 79.5 Å². The Morgan fingerprint density at radius 3 is 2.69 bits per heavy atom. The Kier molecular flexibility index (Phi) is 6.54. The van der Waals surface area contributed by atoms with Gasteiger partial charge in [0.2, 0.25) is 5.91 Å². The number of aliphatic hydroxyl groups excluding tert-OH is 1. The van der Waals surface area contributed by atoms with Gasteiger partial charge in [0.15, 0.2) is 0 Å². The molecule has 0 aromatic rings. The molecule has 2 atom stereocenters. The summed E-state index contributed by atoms with van der Waals surface area (Å²) in [7, 11) is 0. The van der Waals surface area contributed by atoms with Crippen molar-refractivity contribution in [2.75, 3.05) is 6.61 Å². The van der Waals surface area contributed by atoms with Crippen LogP contribution in [0.1, 0.15) is 33.1 Å². The van der Waals surface area contributed by atoms with Crippen molar-refractivity contribution in [2.24, 2.45) is 5.73 Å². The summed E-state index contributed by atoms with van der Waals surface area (Å²) >= 11 is 0. The van der Waals surface area contributed by atoms with Gasteiger partial charge in [0.25, 0.3) is 0 Å². The van der Waals surface area contributed by atoms with E-state index in [1.54, 1.807) is 6.92 Å². The highest BCUT2D eigenvalue weighted by Crippen LogP contribution is 1.98. The summed E-state index contributed by atoms with van der Waals surface area (Å²) in [5.74, 6) is -0.171. The minimum atomic E-state index is -0.436. The zero-order chi connectivity index (χ0) is 10.3. The van der Waals surface area contributed by atoms with Crippen molar-refractivity contribution in [1.29, 1.82) is 0 Å². The van der Waals surface area contributed by atoms with Crippen LogP contribution >= 0.6 is 0 Å². The van der Waals surface area contributed by atoms with Crippen LogP contribution < -0.4 is 11.1 Å². The molecule has 4 N–H and O–H groups in total. The summed E-state index contributed by atoms with van der Waals surface area (Å²) in [6.45, 7) is 3.75. The summed E-state index contributed by atoms with van der Waals surface area (Å²) in [6, 6.07) is -0.644. The van der Waals surface area contributed by atoms with Crippen LogP contribution in [0.15, 0.2) is 0 Å². The fraction of sp³-hybridized carbons (Fsp3) is 0.889. The molecule has 0 radical (unpaired) electrons. The van der Waals surface area contributed by atoms with E-state index in [2.05, 4.69) is 12.2 Å². The molecule has 0 fully saturated rings. The smallest absolute Gasteiger partial charge is 0.237 e. The lowest BCUT2D eigenvalue weighted by atomic mass is 10.1. The quantitative estimate of drug-likeness (QED) is 0.549. The van der Waals surface area contributed by atoms with Gasteiger partial charge in [-0.25, -0.2) is 0 Å². The number of nitrogens with one attached hydrogen (secondary N) is 1. The predicted molar refractivity (Wildman–Crippen MR) is 52.2 cm³/mol.